The molecule has 28 heavy (non-hydrogen) atoms. The molecule has 0 radical (unpaired) electrons. The summed E-state index contributed by atoms with van der Waals surface area (Å²) in [5.74, 6) is -2.76. The number of hydrogen-bond acceptors (Lipinski definition) is 5. The molecule has 6 nitrogen and oxygen atoms in total. The fraction of sp³-hybridized carbons (Fsp3) is 0.100. The molecule has 0 fully saturated rings. The van der Waals surface area contributed by atoms with E-state index in [2.05, 4.69) is 0 Å². The van der Waals surface area contributed by atoms with Crippen LogP contribution in [0.25, 0.3) is 0 Å². The number of furan rings is 1. The lowest BCUT2D eigenvalue weighted by molar-refractivity contribution is -0.119. The maximum atomic E-state index is 13.5. The molecule has 0 aliphatic heterocycles. The zero-order valence-electron chi connectivity index (χ0n) is 14.5. The number of esters is 1. The van der Waals surface area contributed by atoms with Gasteiger partial charge in [0.1, 0.15) is 35.4 Å². The Morgan fingerprint density at radius 1 is 0.929 bits per heavy atom. The Morgan fingerprint density at radius 2 is 1.64 bits per heavy atom. The highest BCUT2D eigenvalue weighted by atomic mass is 19.1. The van der Waals surface area contributed by atoms with E-state index in [4.69, 9.17) is 13.9 Å². The van der Waals surface area contributed by atoms with Crippen LogP contribution in [0.2, 0.25) is 0 Å². The largest absolute Gasteiger partial charge is 0.486 e. The van der Waals surface area contributed by atoms with E-state index >= 15 is 0 Å². The number of carbonyl (C=O) groups excluding carboxylic acids is 2. The minimum atomic E-state index is -0.936. The Bertz CT molecular complexity index is 951. The number of benzene rings is 2. The fourth-order valence-corrected chi connectivity index (χ4v) is 2.23. The molecule has 0 bridgehead atoms. The van der Waals surface area contributed by atoms with Gasteiger partial charge in [-0.2, -0.15) is 0 Å². The predicted octanol–water partition coefficient (Wildman–Crippen LogP) is 3.93. The van der Waals surface area contributed by atoms with Gasteiger partial charge in [-0.3, -0.25) is 4.79 Å². The SMILES string of the molecule is O=C(COC(=O)c1ccc(COc2ccccc2)o1)Nc1c(F)cccc1F. The fourth-order valence-electron chi connectivity index (χ4n) is 2.23. The number of halogens is 2. The van der Waals surface area contributed by atoms with Crippen molar-refractivity contribution in [3.8, 4) is 5.75 Å². The molecule has 0 aliphatic carbocycles. The van der Waals surface area contributed by atoms with Crippen LogP contribution >= 0.6 is 0 Å². The standard InChI is InChI=1S/C20H15F2NO5/c21-15-7-4-8-16(22)19(15)23-18(24)12-27-20(25)17-10-9-14(28-17)11-26-13-5-2-1-3-6-13/h1-10H,11-12H2,(H,23,24). The van der Waals surface area contributed by atoms with Crippen molar-refractivity contribution in [3.63, 3.8) is 0 Å². The summed E-state index contributed by atoms with van der Waals surface area (Å²) in [7, 11) is 0. The van der Waals surface area contributed by atoms with Gasteiger partial charge in [0.05, 0.1) is 0 Å². The second kappa shape index (κ2) is 8.81. The molecule has 8 heteroatoms. The maximum Gasteiger partial charge on any atom is 0.374 e. The summed E-state index contributed by atoms with van der Waals surface area (Å²) in [6.07, 6.45) is 0. The van der Waals surface area contributed by atoms with Crippen molar-refractivity contribution >= 4 is 17.6 Å². The van der Waals surface area contributed by atoms with E-state index in [0.29, 0.717) is 11.5 Å². The number of anilines is 1. The number of hydrogen-bond donors (Lipinski definition) is 1. The number of nitrogens with one attached hydrogen (secondary N) is 1. The lowest BCUT2D eigenvalue weighted by Gasteiger charge is -2.07. The average molecular weight is 387 g/mol. The summed E-state index contributed by atoms with van der Waals surface area (Å²) in [6.45, 7) is -0.631. The molecule has 0 aliphatic rings. The lowest BCUT2D eigenvalue weighted by Crippen LogP contribution is -2.22. The van der Waals surface area contributed by atoms with Gasteiger partial charge in [-0.15, -0.1) is 0 Å². The highest BCUT2D eigenvalue weighted by Gasteiger charge is 2.17. The van der Waals surface area contributed by atoms with Crippen LogP contribution in [-0.4, -0.2) is 18.5 Å². The van der Waals surface area contributed by atoms with Crippen molar-refractivity contribution in [2.45, 2.75) is 6.61 Å². The van der Waals surface area contributed by atoms with Gasteiger partial charge >= 0.3 is 5.97 Å². The Morgan fingerprint density at radius 3 is 2.36 bits per heavy atom. The second-order valence-electron chi connectivity index (χ2n) is 5.59. The molecule has 144 valence electrons. The summed E-state index contributed by atoms with van der Waals surface area (Å²) in [5, 5.41) is 2.01. The van der Waals surface area contributed by atoms with Crippen LogP contribution in [0.3, 0.4) is 0 Å². The van der Waals surface area contributed by atoms with Crippen LogP contribution in [0, 0.1) is 11.6 Å². The summed E-state index contributed by atoms with van der Waals surface area (Å²) in [5.41, 5.74) is -0.609. The number of ether oxygens (including phenoxy) is 2. The molecule has 0 saturated heterocycles. The molecule has 2 aromatic carbocycles. The first-order chi connectivity index (χ1) is 13.5. The van der Waals surface area contributed by atoms with E-state index in [9.17, 15) is 18.4 Å². The first kappa shape index (κ1) is 19.1. The summed E-state index contributed by atoms with van der Waals surface area (Å²) in [6, 6.07) is 15.1. The smallest absolute Gasteiger partial charge is 0.374 e. The van der Waals surface area contributed by atoms with E-state index in [0.717, 1.165) is 18.2 Å². The second-order valence-corrected chi connectivity index (χ2v) is 5.59. The maximum absolute atomic E-state index is 13.5. The Hall–Kier alpha value is -3.68. The van der Waals surface area contributed by atoms with Crippen molar-refractivity contribution in [3.05, 3.63) is 83.8 Å². The van der Waals surface area contributed by atoms with E-state index < -0.39 is 35.8 Å². The van der Waals surface area contributed by atoms with Crippen molar-refractivity contribution in [2.24, 2.45) is 0 Å². The van der Waals surface area contributed by atoms with Crippen molar-refractivity contribution in [1.82, 2.24) is 0 Å². The van der Waals surface area contributed by atoms with Gasteiger partial charge in [-0.25, -0.2) is 13.6 Å². The van der Waals surface area contributed by atoms with Gasteiger partial charge in [-0.1, -0.05) is 24.3 Å². The third-order valence-corrected chi connectivity index (χ3v) is 3.55. The Kier molecular flexibility index (Phi) is 6.01. The number of carbonyl (C=O) groups is 2. The van der Waals surface area contributed by atoms with Crippen molar-refractivity contribution in [2.75, 3.05) is 11.9 Å². The molecule has 1 N–H and O–H groups in total. The molecule has 0 unspecified atom stereocenters. The van der Waals surface area contributed by atoms with Crippen LogP contribution in [0.1, 0.15) is 16.3 Å². The quantitative estimate of drug-likeness (QED) is 0.622. The van der Waals surface area contributed by atoms with Gasteiger partial charge in [0.15, 0.2) is 6.61 Å². The van der Waals surface area contributed by atoms with Crippen LogP contribution < -0.4 is 10.1 Å². The summed E-state index contributed by atoms with van der Waals surface area (Å²) >= 11 is 0. The summed E-state index contributed by atoms with van der Waals surface area (Å²) < 4.78 is 42.5. The highest BCUT2D eigenvalue weighted by Crippen LogP contribution is 2.18. The minimum absolute atomic E-state index is 0.102. The van der Waals surface area contributed by atoms with E-state index in [1.54, 1.807) is 12.1 Å². The van der Waals surface area contributed by atoms with Gasteiger partial charge in [0.2, 0.25) is 5.76 Å². The van der Waals surface area contributed by atoms with E-state index in [1.807, 2.05) is 23.5 Å². The lowest BCUT2D eigenvalue weighted by atomic mass is 10.3. The predicted molar refractivity (Wildman–Crippen MR) is 94.8 cm³/mol. The van der Waals surface area contributed by atoms with Crippen molar-refractivity contribution in [1.29, 1.82) is 0 Å². The zero-order valence-corrected chi connectivity index (χ0v) is 14.5. The molecule has 0 spiro atoms. The number of amides is 1. The zero-order chi connectivity index (χ0) is 19.9. The van der Waals surface area contributed by atoms with Gasteiger partial charge in [0.25, 0.3) is 5.91 Å². The monoisotopic (exact) mass is 387 g/mol. The van der Waals surface area contributed by atoms with E-state index in [-0.39, 0.29) is 12.4 Å². The molecule has 1 amide bonds. The molecule has 1 heterocycles. The topological polar surface area (TPSA) is 77.8 Å². The number of rotatable bonds is 7. The van der Waals surface area contributed by atoms with Crippen molar-refractivity contribution < 1.29 is 32.3 Å². The molecule has 3 aromatic rings. The van der Waals surface area contributed by atoms with Gasteiger partial charge in [-0.05, 0) is 36.4 Å². The highest BCUT2D eigenvalue weighted by molar-refractivity contribution is 5.94. The van der Waals surface area contributed by atoms with Gasteiger partial charge in [0, 0.05) is 0 Å². The first-order valence-electron chi connectivity index (χ1n) is 8.20. The molecule has 0 atom stereocenters. The third-order valence-electron chi connectivity index (χ3n) is 3.55. The molecular weight excluding hydrogens is 372 g/mol. The van der Waals surface area contributed by atoms with Crippen LogP contribution in [0.5, 0.6) is 5.75 Å². The Balaban J connectivity index is 1.50. The minimum Gasteiger partial charge on any atom is -0.486 e. The molecule has 0 saturated carbocycles. The first-order valence-corrected chi connectivity index (χ1v) is 8.20. The van der Waals surface area contributed by atoms with Gasteiger partial charge < -0.3 is 19.2 Å². The van der Waals surface area contributed by atoms with E-state index in [1.165, 1.54) is 12.1 Å². The van der Waals surface area contributed by atoms with Crippen LogP contribution in [0.15, 0.2) is 65.1 Å². The normalized spacial score (nSPS) is 10.4. The van der Waals surface area contributed by atoms with Crippen LogP contribution in [0.4, 0.5) is 14.5 Å². The van der Waals surface area contributed by atoms with Crippen LogP contribution in [-0.2, 0) is 16.1 Å². The summed E-state index contributed by atoms with van der Waals surface area (Å²) in [4.78, 5) is 23.7. The third kappa shape index (κ3) is 4.94. The Labute approximate surface area is 158 Å². The molecular formula is C20H15F2NO5. The molecule has 3 rings (SSSR count). The number of para-hydroxylation sites is 2. The molecule has 1 aromatic heterocycles. The average Bonchev–Trinajstić information content (AvgIpc) is 3.17.